The van der Waals surface area contributed by atoms with Crippen molar-refractivity contribution in [1.82, 2.24) is 0 Å². The van der Waals surface area contributed by atoms with Crippen LogP contribution in [-0.2, 0) is 15.9 Å². The first-order valence-corrected chi connectivity index (χ1v) is 17.3. The van der Waals surface area contributed by atoms with Crippen molar-refractivity contribution in [3.05, 3.63) is 149 Å². The van der Waals surface area contributed by atoms with E-state index in [1.54, 1.807) is 90.1 Å². The van der Waals surface area contributed by atoms with Gasteiger partial charge in [-0.15, -0.1) is 0 Å². The predicted octanol–water partition coefficient (Wildman–Crippen LogP) is 11.2. The molecule has 0 aliphatic rings. The molecule has 0 bridgehead atoms. The number of amides is 2. The normalized spacial score (nSPS) is 11.5. The molecule has 0 saturated heterocycles. The molecule has 2 N–H and O–H groups in total. The molecule has 2 amide bonds. The lowest BCUT2D eigenvalue weighted by Crippen LogP contribution is -2.27. The summed E-state index contributed by atoms with van der Waals surface area (Å²) in [6.07, 6.45) is -0.652. The average Bonchev–Trinajstić information content (AvgIpc) is 3.09. The average molecular weight is 757 g/mol. The third-order valence-electron chi connectivity index (χ3n) is 7.99. The first-order valence-electron chi connectivity index (χ1n) is 17.3. The third-order valence-corrected chi connectivity index (χ3v) is 7.99. The molecule has 12 heteroatoms. The molecule has 286 valence electrons. The monoisotopic (exact) mass is 756 g/mol. The van der Waals surface area contributed by atoms with E-state index in [9.17, 15) is 31.9 Å². The van der Waals surface area contributed by atoms with Crippen LogP contribution in [-0.4, -0.2) is 29.4 Å². The van der Waals surface area contributed by atoms with Crippen LogP contribution in [0.25, 0.3) is 11.1 Å². The Morgan fingerprint density at radius 2 is 1.07 bits per heavy atom. The fraction of sp³-hybridized carbons (Fsp3) is 0.233. The highest BCUT2D eigenvalue weighted by Gasteiger charge is 2.21. The highest BCUT2D eigenvalue weighted by molar-refractivity contribution is 5.92. The van der Waals surface area contributed by atoms with Gasteiger partial charge in [-0.1, -0.05) is 42.5 Å². The molecule has 5 rings (SSSR count). The fourth-order valence-corrected chi connectivity index (χ4v) is 5.55. The predicted molar refractivity (Wildman–Crippen MR) is 201 cm³/mol. The summed E-state index contributed by atoms with van der Waals surface area (Å²) in [5, 5.41) is 5.47. The zero-order chi connectivity index (χ0) is 40.1. The summed E-state index contributed by atoms with van der Waals surface area (Å²) in [5.74, 6) is -6.43. The second-order valence-electron chi connectivity index (χ2n) is 14.7. The van der Waals surface area contributed by atoms with E-state index < -0.39 is 52.6 Å². The molecule has 0 heterocycles. The largest absolute Gasteiger partial charge is 0.444 e. The van der Waals surface area contributed by atoms with Gasteiger partial charge in [0.2, 0.25) is 0 Å². The highest BCUT2D eigenvalue weighted by Crippen LogP contribution is 2.32. The van der Waals surface area contributed by atoms with E-state index in [2.05, 4.69) is 10.6 Å². The van der Waals surface area contributed by atoms with Crippen molar-refractivity contribution in [2.45, 2.75) is 65.1 Å². The Morgan fingerprint density at radius 3 is 1.51 bits per heavy atom. The van der Waals surface area contributed by atoms with Crippen molar-refractivity contribution in [1.29, 1.82) is 0 Å². The Labute approximate surface area is 316 Å². The molecule has 0 aliphatic heterocycles. The molecule has 0 aromatic heterocycles. The minimum Gasteiger partial charge on any atom is -0.444 e. The molecule has 0 spiro atoms. The summed E-state index contributed by atoms with van der Waals surface area (Å²) in [6, 6.07) is 26.1. The van der Waals surface area contributed by atoms with Crippen molar-refractivity contribution >= 4 is 29.5 Å². The number of hydrogen-bond acceptors (Lipinski definition) is 6. The number of ether oxygens (including phenoxy) is 3. The molecule has 55 heavy (non-hydrogen) atoms. The molecule has 0 unspecified atom stereocenters. The maximum absolute atomic E-state index is 14.9. The molecule has 0 saturated carbocycles. The van der Waals surface area contributed by atoms with E-state index in [0.717, 1.165) is 28.8 Å². The van der Waals surface area contributed by atoms with Crippen molar-refractivity contribution in [3.63, 3.8) is 0 Å². The smallest absolute Gasteiger partial charge is 0.412 e. The zero-order valence-corrected chi connectivity index (χ0v) is 31.1. The van der Waals surface area contributed by atoms with Crippen LogP contribution in [0.1, 0.15) is 74.5 Å². The number of benzene rings is 5. The molecule has 0 aliphatic carbocycles. The summed E-state index contributed by atoms with van der Waals surface area (Å²) in [6.45, 7) is 10.7. The summed E-state index contributed by atoms with van der Waals surface area (Å²) in [5.41, 5.74) is 1.91. The molecule has 0 atom stereocenters. The Morgan fingerprint density at radius 1 is 0.600 bits per heavy atom. The molecular formula is C43H40F4N2O6. The lowest BCUT2D eigenvalue weighted by molar-refractivity contribution is 0.0624. The van der Waals surface area contributed by atoms with Gasteiger partial charge in [0.15, 0.2) is 17.5 Å². The van der Waals surface area contributed by atoms with Gasteiger partial charge in [0.05, 0.1) is 5.56 Å². The Kier molecular flexibility index (Phi) is 12.0. The Bertz CT molecular complexity index is 2080. The molecule has 8 nitrogen and oxygen atoms in total. The quantitative estimate of drug-likeness (QED) is 0.0672. The third kappa shape index (κ3) is 11.2. The van der Waals surface area contributed by atoms with E-state index in [4.69, 9.17) is 14.2 Å². The van der Waals surface area contributed by atoms with Crippen molar-refractivity contribution in [2.75, 3.05) is 10.6 Å². The van der Waals surface area contributed by atoms with Gasteiger partial charge in [0.1, 0.15) is 22.8 Å². The molecular weight excluding hydrogens is 716 g/mol. The highest BCUT2D eigenvalue weighted by atomic mass is 19.2. The molecule has 0 fully saturated rings. The minimum atomic E-state index is -1.67. The van der Waals surface area contributed by atoms with Crippen LogP contribution in [0.3, 0.4) is 0 Å². The number of hydrogen-bond donors (Lipinski definition) is 2. The number of rotatable bonds is 9. The van der Waals surface area contributed by atoms with Gasteiger partial charge < -0.3 is 14.2 Å². The first-order chi connectivity index (χ1) is 25.8. The van der Waals surface area contributed by atoms with Crippen molar-refractivity contribution in [3.8, 4) is 16.9 Å². The van der Waals surface area contributed by atoms with Gasteiger partial charge in [-0.3, -0.25) is 10.6 Å². The van der Waals surface area contributed by atoms with Gasteiger partial charge in [0.25, 0.3) is 0 Å². The minimum absolute atomic E-state index is 0.150. The maximum atomic E-state index is 14.9. The molecule has 5 aromatic rings. The molecule has 5 aromatic carbocycles. The summed E-state index contributed by atoms with van der Waals surface area (Å²) in [7, 11) is 0. The van der Waals surface area contributed by atoms with Gasteiger partial charge >= 0.3 is 18.2 Å². The number of esters is 1. The zero-order valence-electron chi connectivity index (χ0n) is 31.1. The number of carbonyl (C=O) groups is 3. The van der Waals surface area contributed by atoms with Gasteiger partial charge in [0, 0.05) is 22.9 Å². The van der Waals surface area contributed by atoms with Crippen LogP contribution in [0, 0.1) is 23.3 Å². The van der Waals surface area contributed by atoms with Crippen molar-refractivity contribution in [2.24, 2.45) is 0 Å². The van der Waals surface area contributed by atoms with Crippen LogP contribution in [0.5, 0.6) is 5.75 Å². The van der Waals surface area contributed by atoms with Crippen LogP contribution >= 0.6 is 0 Å². The number of anilines is 2. The van der Waals surface area contributed by atoms with Crippen LogP contribution in [0.2, 0.25) is 0 Å². The van der Waals surface area contributed by atoms with E-state index in [1.165, 1.54) is 6.07 Å². The topological polar surface area (TPSA) is 103 Å². The summed E-state index contributed by atoms with van der Waals surface area (Å²) < 4.78 is 71.9. The Hall–Kier alpha value is -6.17. The summed E-state index contributed by atoms with van der Waals surface area (Å²) in [4.78, 5) is 37.6. The number of carbonyl (C=O) groups excluding carboxylic acids is 3. The van der Waals surface area contributed by atoms with Gasteiger partial charge in [-0.2, -0.15) is 0 Å². The van der Waals surface area contributed by atoms with E-state index in [1.807, 2.05) is 24.3 Å². The van der Waals surface area contributed by atoms with Crippen LogP contribution in [0.4, 0.5) is 38.5 Å². The number of halogens is 4. The lowest BCUT2D eigenvalue weighted by atomic mass is 9.86. The lowest BCUT2D eigenvalue weighted by Gasteiger charge is -2.21. The van der Waals surface area contributed by atoms with E-state index in [0.29, 0.717) is 29.9 Å². The van der Waals surface area contributed by atoms with E-state index >= 15 is 0 Å². The fourth-order valence-electron chi connectivity index (χ4n) is 5.55. The van der Waals surface area contributed by atoms with Crippen LogP contribution in [0.15, 0.2) is 103 Å². The van der Waals surface area contributed by atoms with Crippen molar-refractivity contribution < 1.29 is 46.2 Å². The Balaban J connectivity index is 1.32. The van der Waals surface area contributed by atoms with Crippen LogP contribution < -0.4 is 15.4 Å². The summed E-state index contributed by atoms with van der Waals surface area (Å²) >= 11 is 0. The van der Waals surface area contributed by atoms with Gasteiger partial charge in [-0.25, -0.2) is 31.9 Å². The first kappa shape index (κ1) is 40.0. The number of nitrogens with one attached hydrogen (secondary N) is 2. The maximum Gasteiger partial charge on any atom is 0.412 e. The SMILES string of the molecule is CC(C)(C)OC(=O)Nc1ccc(C(Cc2ccc(OC(=O)c3ccc(-c4cc(F)c(F)c(F)c4)c(F)c3)cc2)c2ccc(NC(=O)OC(C)(C)C)cc2)cc1. The van der Waals surface area contributed by atoms with Gasteiger partial charge in [-0.05, 0) is 131 Å². The molecule has 0 radical (unpaired) electrons. The standard InChI is InChI=1S/C43H40F4N2O6/c1-42(2,3)54-40(51)48-30-14-9-26(10-15-30)34(27-11-16-31(17-12-27)49-41(52)55-43(4,5)6)21-25-7-18-32(19-8-25)53-39(50)28-13-20-33(35(44)22-28)29-23-36(45)38(47)37(46)24-29/h7-20,22-24,34H,21H2,1-6H3,(H,48,51)(H,49,52). The second-order valence-corrected chi connectivity index (χ2v) is 14.7. The van der Waals surface area contributed by atoms with E-state index in [-0.39, 0.29) is 28.4 Å². The second kappa shape index (κ2) is 16.5.